The molecule has 0 unspecified atom stereocenters. The van der Waals surface area contributed by atoms with Crippen LogP contribution >= 0.6 is 0 Å². The first-order valence-electron chi connectivity index (χ1n) is 5.32. The highest BCUT2D eigenvalue weighted by molar-refractivity contribution is 7.89. The molecule has 0 aromatic heterocycles. The average Bonchev–Trinajstić information content (AvgIpc) is 2.35. The fourth-order valence-electron chi connectivity index (χ4n) is 1.24. The van der Waals surface area contributed by atoms with Crippen molar-refractivity contribution in [2.75, 3.05) is 19.4 Å². The summed E-state index contributed by atoms with van der Waals surface area (Å²) in [6, 6.07) is 8.28. The second-order valence-corrected chi connectivity index (χ2v) is 5.52. The summed E-state index contributed by atoms with van der Waals surface area (Å²) < 4.78 is 29.9. The van der Waals surface area contributed by atoms with Crippen molar-refractivity contribution < 1.29 is 13.2 Å². The molecule has 0 amide bonds. The first-order valence-corrected chi connectivity index (χ1v) is 6.97. The normalized spacial score (nSPS) is 11.4. The Kier molecular flexibility index (Phi) is 5.40. The zero-order valence-corrected chi connectivity index (χ0v) is 10.6. The van der Waals surface area contributed by atoms with Crippen LogP contribution in [0.25, 0.3) is 0 Å². The largest absolute Gasteiger partial charge is 0.494 e. The van der Waals surface area contributed by atoms with Gasteiger partial charge in [0.1, 0.15) is 5.75 Å². The van der Waals surface area contributed by atoms with E-state index in [4.69, 9.17) is 10.5 Å². The molecule has 0 saturated carbocycles. The van der Waals surface area contributed by atoms with Crippen LogP contribution < -0.4 is 15.2 Å². The van der Waals surface area contributed by atoms with E-state index in [0.717, 1.165) is 5.56 Å². The summed E-state index contributed by atoms with van der Waals surface area (Å²) in [5, 5.41) is 0. The lowest BCUT2D eigenvalue weighted by molar-refractivity contribution is 0.317. The van der Waals surface area contributed by atoms with E-state index in [1.807, 2.05) is 0 Å². The maximum Gasteiger partial charge on any atom is 0.211 e. The monoisotopic (exact) mass is 257 g/mol. The zero-order valence-electron chi connectivity index (χ0n) is 9.77. The predicted octanol–water partition coefficient (Wildman–Crippen LogP) is 0.264. The molecule has 0 fully saturated rings. The Labute approximate surface area is 102 Å². The Balaban J connectivity index is 2.36. The molecule has 3 N–H and O–H groups in total. The van der Waals surface area contributed by atoms with Crippen molar-refractivity contribution in [1.82, 2.24) is 4.72 Å². The molecule has 1 aromatic carbocycles. The molecule has 5 nitrogen and oxygen atoms in total. The lowest BCUT2D eigenvalue weighted by Crippen LogP contribution is -2.23. The number of nitrogens with one attached hydrogen (secondary N) is 1. The molecule has 6 heteroatoms. The van der Waals surface area contributed by atoms with Gasteiger partial charge in [-0.1, -0.05) is 6.07 Å². The molecule has 0 aliphatic heterocycles. The molecule has 1 aromatic rings. The van der Waals surface area contributed by atoms with Gasteiger partial charge in [0.15, 0.2) is 0 Å². The second kappa shape index (κ2) is 6.58. The molecule has 0 aliphatic carbocycles. The van der Waals surface area contributed by atoms with E-state index in [1.54, 1.807) is 18.2 Å². The van der Waals surface area contributed by atoms with Crippen LogP contribution in [0.15, 0.2) is 18.2 Å². The first kappa shape index (κ1) is 14.0. The third-order valence-electron chi connectivity index (χ3n) is 2.19. The Bertz CT molecular complexity index is 446. The van der Waals surface area contributed by atoms with E-state index in [1.165, 1.54) is 7.05 Å². The van der Waals surface area contributed by atoms with Crippen LogP contribution in [0.4, 0.5) is 0 Å². The molecule has 0 saturated heterocycles. The smallest absolute Gasteiger partial charge is 0.211 e. The van der Waals surface area contributed by atoms with Gasteiger partial charge in [0.2, 0.25) is 10.0 Å². The van der Waals surface area contributed by atoms with Gasteiger partial charge in [0.05, 0.1) is 12.4 Å². The summed E-state index contributed by atoms with van der Waals surface area (Å²) in [4.78, 5) is 0. The number of nitrogens with two attached hydrogens (primary N) is 1. The third-order valence-corrected chi connectivity index (χ3v) is 3.64. The first-order chi connectivity index (χ1) is 8.07. The van der Waals surface area contributed by atoms with Crippen LogP contribution in [0.3, 0.4) is 0 Å². The number of sulfonamides is 1. The minimum absolute atomic E-state index is 0.0617. The summed E-state index contributed by atoms with van der Waals surface area (Å²) in [5.74, 6) is 0.748. The summed E-state index contributed by atoms with van der Waals surface area (Å²) >= 11 is 0. The van der Waals surface area contributed by atoms with E-state index >= 15 is 0 Å². The van der Waals surface area contributed by atoms with Crippen molar-refractivity contribution in [3.8, 4) is 5.75 Å². The molecular formula is C11H17N2O3S. The molecule has 1 rings (SSSR count). The molecule has 0 aliphatic rings. The topological polar surface area (TPSA) is 81.4 Å². The minimum atomic E-state index is -3.14. The lowest BCUT2D eigenvalue weighted by atomic mass is 10.2. The van der Waals surface area contributed by atoms with Gasteiger partial charge in [-0.15, -0.1) is 0 Å². The van der Waals surface area contributed by atoms with E-state index in [9.17, 15) is 8.42 Å². The van der Waals surface area contributed by atoms with Crippen molar-refractivity contribution in [1.29, 1.82) is 0 Å². The third kappa shape index (κ3) is 5.16. The van der Waals surface area contributed by atoms with E-state index in [2.05, 4.69) is 10.8 Å². The highest BCUT2D eigenvalue weighted by atomic mass is 32.2. The number of hydrogen-bond donors (Lipinski definition) is 2. The van der Waals surface area contributed by atoms with Crippen molar-refractivity contribution in [3.63, 3.8) is 0 Å². The number of rotatable bonds is 7. The molecule has 17 heavy (non-hydrogen) atoms. The van der Waals surface area contributed by atoms with Crippen LogP contribution in [-0.4, -0.2) is 27.8 Å². The Morgan fingerprint density at radius 2 is 2.29 bits per heavy atom. The number of hydrogen-bond acceptors (Lipinski definition) is 4. The highest BCUT2D eigenvalue weighted by Gasteiger charge is 2.06. The van der Waals surface area contributed by atoms with Gasteiger partial charge >= 0.3 is 0 Å². The van der Waals surface area contributed by atoms with Crippen molar-refractivity contribution in [2.24, 2.45) is 5.73 Å². The van der Waals surface area contributed by atoms with Crippen molar-refractivity contribution in [3.05, 3.63) is 29.8 Å². The van der Waals surface area contributed by atoms with Gasteiger partial charge in [0.25, 0.3) is 0 Å². The fraction of sp³-hybridized carbons (Fsp3) is 0.455. The van der Waals surface area contributed by atoms with Gasteiger partial charge in [-0.2, -0.15) is 0 Å². The molecule has 0 heterocycles. The highest BCUT2D eigenvalue weighted by Crippen LogP contribution is 2.12. The van der Waals surface area contributed by atoms with Crippen molar-refractivity contribution >= 4 is 10.0 Å². The lowest BCUT2D eigenvalue weighted by Gasteiger charge is -2.07. The van der Waals surface area contributed by atoms with E-state index in [-0.39, 0.29) is 5.75 Å². The maximum atomic E-state index is 11.1. The molecular weight excluding hydrogens is 240 g/mol. The average molecular weight is 257 g/mol. The molecule has 95 valence electrons. The van der Waals surface area contributed by atoms with Gasteiger partial charge in [-0.05, 0) is 37.2 Å². The van der Waals surface area contributed by atoms with E-state index < -0.39 is 10.0 Å². The Morgan fingerprint density at radius 1 is 1.53 bits per heavy atom. The standard InChI is InChI=1S/C11H17N2O3S/c1-13-17(14,15)7-3-6-16-11-5-2-4-10(8-11)9-12/h2,5,8,13H,3,6-7,9,12H2,1H3. The fourth-order valence-corrected chi connectivity index (χ4v) is 1.94. The van der Waals surface area contributed by atoms with Crippen LogP contribution in [0, 0.1) is 6.07 Å². The summed E-state index contributed by atoms with van der Waals surface area (Å²) in [5.41, 5.74) is 6.34. The molecule has 0 spiro atoms. The maximum absolute atomic E-state index is 11.1. The molecule has 0 bridgehead atoms. The quantitative estimate of drug-likeness (QED) is 0.687. The SMILES string of the molecule is CNS(=O)(=O)CCCOc1cc[c]c(CN)c1. The molecule has 0 atom stereocenters. The van der Waals surface area contributed by atoms with Crippen LogP contribution in [0.5, 0.6) is 5.75 Å². The Morgan fingerprint density at radius 3 is 2.94 bits per heavy atom. The van der Waals surface area contributed by atoms with Crippen LogP contribution in [-0.2, 0) is 16.6 Å². The second-order valence-electron chi connectivity index (χ2n) is 3.48. The Hall–Kier alpha value is -1.11. The minimum Gasteiger partial charge on any atom is -0.494 e. The number of ether oxygens (including phenoxy) is 1. The summed E-state index contributed by atoms with van der Waals surface area (Å²) in [6.07, 6.45) is 0.444. The van der Waals surface area contributed by atoms with Gasteiger partial charge < -0.3 is 10.5 Å². The predicted molar refractivity (Wildman–Crippen MR) is 66.1 cm³/mol. The van der Waals surface area contributed by atoms with Crippen LogP contribution in [0.2, 0.25) is 0 Å². The van der Waals surface area contributed by atoms with Gasteiger partial charge in [-0.25, -0.2) is 13.1 Å². The number of benzene rings is 1. The van der Waals surface area contributed by atoms with Crippen molar-refractivity contribution in [2.45, 2.75) is 13.0 Å². The summed E-state index contributed by atoms with van der Waals surface area (Å²) in [6.45, 7) is 0.764. The van der Waals surface area contributed by atoms with Gasteiger partial charge in [-0.3, -0.25) is 0 Å². The van der Waals surface area contributed by atoms with E-state index in [0.29, 0.717) is 25.3 Å². The zero-order chi connectivity index (χ0) is 12.7. The molecule has 1 radical (unpaired) electrons. The van der Waals surface area contributed by atoms with Crippen LogP contribution in [0.1, 0.15) is 12.0 Å². The summed E-state index contributed by atoms with van der Waals surface area (Å²) in [7, 11) is -1.74. The van der Waals surface area contributed by atoms with Gasteiger partial charge in [0, 0.05) is 6.54 Å².